The summed E-state index contributed by atoms with van der Waals surface area (Å²) in [4.78, 5) is 29.8. The minimum absolute atomic E-state index is 0.645. The van der Waals surface area contributed by atoms with Crippen LogP contribution in [-0.2, 0) is 12.8 Å². The van der Waals surface area contributed by atoms with Crippen LogP contribution in [0.5, 0.6) is 0 Å². The van der Waals surface area contributed by atoms with E-state index in [-0.39, 0.29) is 0 Å². The quantitative estimate of drug-likeness (QED) is 0.136. The van der Waals surface area contributed by atoms with Crippen molar-refractivity contribution < 1.29 is 0 Å². The van der Waals surface area contributed by atoms with Gasteiger partial charge in [-0.2, -0.15) is 0 Å². The van der Waals surface area contributed by atoms with E-state index in [1.165, 1.54) is 171 Å². The molecule has 0 amide bonds. The summed E-state index contributed by atoms with van der Waals surface area (Å²) in [5, 5.41) is 13.1. The third kappa shape index (κ3) is 11.5. The minimum atomic E-state index is 0.645. The molecule has 24 aromatic rings. The topological polar surface area (TPSA) is 87.2 Å². The van der Waals surface area contributed by atoms with E-state index in [1.807, 2.05) is 131 Å². The molecule has 0 N–H and O–H groups in total. The second-order valence-corrected chi connectivity index (χ2v) is 34.7. The van der Waals surface area contributed by atoms with Crippen LogP contribution in [0.2, 0.25) is 0 Å². The second kappa shape index (κ2) is 27.8. The van der Waals surface area contributed by atoms with Crippen LogP contribution in [0.15, 0.2) is 376 Å². The maximum Gasteiger partial charge on any atom is 0.164 e. The van der Waals surface area contributed by atoms with Gasteiger partial charge in [-0.15, -0.1) is 34.0 Å². The number of nitrogens with zero attached hydrogens (tertiary/aromatic N) is 8. The van der Waals surface area contributed by atoms with Gasteiger partial charge in [0.25, 0.3) is 0 Å². The number of para-hydroxylation sites is 2. The minimum Gasteiger partial charge on any atom is -0.309 e. The van der Waals surface area contributed by atoms with Gasteiger partial charge >= 0.3 is 0 Å². The maximum atomic E-state index is 5.06. The van der Waals surface area contributed by atoms with E-state index in [2.05, 4.69) is 288 Å². The van der Waals surface area contributed by atoms with E-state index >= 15 is 0 Å². The maximum absolute atomic E-state index is 5.06. The van der Waals surface area contributed by atoms with Crippen LogP contribution >= 0.6 is 34.0 Å². The number of rotatable bonds is 10. The number of hydrogen-bond acceptors (Lipinski definition) is 9. The lowest BCUT2D eigenvalue weighted by Gasteiger charge is -2.12. The molecule has 26 rings (SSSR count). The first-order chi connectivity index (χ1) is 59.9. The van der Waals surface area contributed by atoms with Crippen molar-refractivity contribution in [2.75, 3.05) is 0 Å². The van der Waals surface area contributed by atoms with Gasteiger partial charge < -0.3 is 9.13 Å². The summed E-state index contributed by atoms with van der Waals surface area (Å²) < 4.78 is 13.0. The van der Waals surface area contributed by atoms with Crippen LogP contribution in [0.4, 0.5) is 0 Å². The fourth-order valence-corrected chi connectivity index (χ4v) is 22.6. The van der Waals surface area contributed by atoms with E-state index in [0.29, 0.717) is 34.9 Å². The zero-order valence-corrected chi connectivity index (χ0v) is 67.5. The Labute approximate surface area is 707 Å². The molecule has 0 unspecified atom stereocenters. The molecule has 0 bridgehead atoms. The Morgan fingerprint density at radius 3 is 1.14 bits per heavy atom. The molecule has 0 fully saturated rings. The summed E-state index contributed by atoms with van der Waals surface area (Å²) >= 11 is 5.75. The average molecular weight is 1600 g/mol. The Kier molecular flexibility index (Phi) is 15.9. The molecule has 0 saturated heterocycles. The Bertz CT molecular complexity index is 8280. The van der Waals surface area contributed by atoms with Gasteiger partial charge in [0.15, 0.2) is 34.9 Å². The Morgan fingerprint density at radius 1 is 0.182 bits per heavy atom. The van der Waals surface area contributed by atoms with Crippen LogP contribution in [-0.4, -0.2) is 39.0 Å². The van der Waals surface area contributed by atoms with Crippen LogP contribution in [0.25, 0.3) is 228 Å². The van der Waals surface area contributed by atoms with Gasteiger partial charge in [-0.05, 0) is 189 Å². The summed E-state index contributed by atoms with van der Waals surface area (Å²) in [6, 6.07) is 135. The molecule has 564 valence electrons. The van der Waals surface area contributed by atoms with E-state index in [1.54, 1.807) is 0 Å². The SMILES string of the molecule is c1ccc(-c2nc(-c3ccccc3)nc(-c3ccc(-n4c5ccccc5c5cc(-c6ccc7c(c6)-c6cc8sc9ccccc9c8cc6C7)ccc54)cc3)n2)cc1.c1ccc(-c2nc(-c3ccccc3)nc(-c3ccc4c(c3)-c3cc(-n5c6ccccc6c6cc(-c7cccc8c7sc7c8ccc8c9ccccc9sc87)ccc65)ccc3C4)n2)cc1. The average Bonchev–Trinajstić information content (AvgIpc) is 1.58. The van der Waals surface area contributed by atoms with Crippen molar-refractivity contribution in [1.82, 2.24) is 39.0 Å². The summed E-state index contributed by atoms with van der Waals surface area (Å²) in [6.45, 7) is 0. The Hall–Kier alpha value is -15.0. The molecule has 0 aliphatic heterocycles. The number of aromatic nitrogens is 8. The van der Waals surface area contributed by atoms with E-state index < -0.39 is 0 Å². The first-order valence-electron chi connectivity index (χ1n) is 40.9. The predicted molar refractivity (Wildman–Crippen MR) is 507 cm³/mol. The molecule has 0 radical (unpaired) electrons. The summed E-state index contributed by atoms with van der Waals surface area (Å²) in [5.41, 5.74) is 28.4. The first-order valence-corrected chi connectivity index (χ1v) is 43.4. The van der Waals surface area contributed by atoms with E-state index in [4.69, 9.17) is 29.9 Å². The molecule has 2 aliphatic carbocycles. The van der Waals surface area contributed by atoms with Gasteiger partial charge in [0.1, 0.15) is 0 Å². The zero-order valence-electron chi connectivity index (χ0n) is 65.0. The van der Waals surface area contributed by atoms with Crippen molar-refractivity contribution in [1.29, 1.82) is 0 Å². The summed E-state index contributed by atoms with van der Waals surface area (Å²) in [5.74, 6) is 3.95. The van der Waals surface area contributed by atoms with E-state index in [9.17, 15) is 0 Å². The van der Waals surface area contributed by atoms with Crippen molar-refractivity contribution in [3.8, 4) is 124 Å². The van der Waals surface area contributed by atoms with Gasteiger partial charge in [-0.3, -0.25) is 0 Å². The molecule has 2 aliphatic rings. The highest BCUT2D eigenvalue weighted by Crippen LogP contribution is 2.50. The predicted octanol–water partition coefficient (Wildman–Crippen LogP) is 29.5. The molecule has 11 heteroatoms. The second-order valence-electron chi connectivity index (χ2n) is 31.5. The van der Waals surface area contributed by atoms with Crippen LogP contribution in [0.1, 0.15) is 22.3 Å². The number of benzene rings is 17. The van der Waals surface area contributed by atoms with Gasteiger partial charge in [0, 0.05) is 117 Å². The molecule has 0 atom stereocenters. The van der Waals surface area contributed by atoms with E-state index in [0.717, 1.165) is 57.6 Å². The zero-order chi connectivity index (χ0) is 79.3. The van der Waals surface area contributed by atoms with Gasteiger partial charge in [0.05, 0.1) is 31.5 Å². The normalized spacial score (nSPS) is 12.2. The van der Waals surface area contributed by atoms with Gasteiger partial charge in [-0.1, -0.05) is 267 Å². The number of fused-ring (bicyclic) bond motifs is 22. The Balaban J connectivity index is 0.000000135. The smallest absolute Gasteiger partial charge is 0.164 e. The van der Waals surface area contributed by atoms with Crippen molar-refractivity contribution in [3.63, 3.8) is 0 Å². The standard InChI is InChI=1S/C58H34N4S2.C52H32N4S/c1-3-12-34(13-4-1)56-59-57(35-14-5-2-6-15-35)61-58(60-56)39-23-22-36-30-37-24-26-40(33-48(37)47(36)32-39)62-50-20-9-7-16-42(50)49-31-38(25-29-51(49)62)41-18-11-19-44-46-28-27-45-43-17-8-10-21-52(43)63-54(45)55(46)64-53(41)44;1-3-11-32(12-4-1)50-53-51(33-13-5-2-6-14-33)55-52(54-50)34-21-24-39(25-22-34)56-46-17-9-7-15-40(46)44-29-36(23-26-47(44)56)35-19-20-37-27-38-30-45-41-16-8-10-18-48(41)57-49(45)31-43(38)42(37)28-35/h1-29,31-33H,30H2;1-26,28-31H,27H2. The van der Waals surface area contributed by atoms with Crippen molar-refractivity contribution in [3.05, 3.63) is 398 Å². The molecule has 121 heavy (non-hydrogen) atoms. The lowest BCUT2D eigenvalue weighted by molar-refractivity contribution is 1.07. The van der Waals surface area contributed by atoms with Crippen LogP contribution < -0.4 is 0 Å². The largest absolute Gasteiger partial charge is 0.309 e. The van der Waals surface area contributed by atoms with Crippen molar-refractivity contribution in [2.24, 2.45) is 0 Å². The van der Waals surface area contributed by atoms with Crippen molar-refractivity contribution >= 4 is 138 Å². The van der Waals surface area contributed by atoms with Gasteiger partial charge in [-0.25, -0.2) is 29.9 Å². The molecular formula is C110H66N8S3. The highest BCUT2D eigenvalue weighted by atomic mass is 32.1. The molecule has 7 aromatic heterocycles. The lowest BCUT2D eigenvalue weighted by Crippen LogP contribution is -2.00. The highest BCUT2D eigenvalue weighted by molar-refractivity contribution is 7.33. The third-order valence-corrected chi connectivity index (χ3v) is 28.3. The number of thiophene rings is 3. The molecule has 8 nitrogen and oxygen atoms in total. The monoisotopic (exact) mass is 1590 g/mol. The molecule has 17 aromatic carbocycles. The molecule has 7 heterocycles. The fraction of sp³-hybridized carbons (Fsp3) is 0.0182. The highest BCUT2D eigenvalue weighted by Gasteiger charge is 2.27. The van der Waals surface area contributed by atoms with Crippen LogP contribution in [0, 0.1) is 0 Å². The first kappa shape index (κ1) is 69.2. The van der Waals surface area contributed by atoms with Crippen molar-refractivity contribution in [2.45, 2.75) is 12.8 Å². The summed E-state index contributed by atoms with van der Waals surface area (Å²) in [6.07, 6.45) is 1.87. The fourth-order valence-electron chi connectivity index (χ4n) is 18.8. The van der Waals surface area contributed by atoms with Gasteiger partial charge in [0.2, 0.25) is 0 Å². The summed E-state index contributed by atoms with van der Waals surface area (Å²) in [7, 11) is 0. The number of hydrogen-bond donors (Lipinski definition) is 0. The molecular weight excluding hydrogens is 1530 g/mol. The molecule has 0 spiro atoms. The van der Waals surface area contributed by atoms with Crippen LogP contribution in [0.3, 0.4) is 0 Å². The third-order valence-electron chi connectivity index (χ3n) is 24.6. The Morgan fingerprint density at radius 2 is 0.554 bits per heavy atom. The molecule has 0 saturated carbocycles. The lowest BCUT2D eigenvalue weighted by atomic mass is 9.97.